The molecule has 0 spiro atoms. The fourth-order valence-corrected chi connectivity index (χ4v) is 2.17. The number of unbranched alkanes of at least 4 members (excludes halogenated alkanes) is 1. The summed E-state index contributed by atoms with van der Waals surface area (Å²) in [6.07, 6.45) is 5.23. The van der Waals surface area contributed by atoms with E-state index < -0.39 is 0 Å². The summed E-state index contributed by atoms with van der Waals surface area (Å²) in [5.41, 5.74) is 2.32. The third kappa shape index (κ3) is 3.93. The third-order valence-corrected chi connectivity index (χ3v) is 3.48. The lowest BCUT2D eigenvalue weighted by Gasteiger charge is -2.08. The van der Waals surface area contributed by atoms with Gasteiger partial charge in [0.05, 0.1) is 17.8 Å². The first-order valence-electron chi connectivity index (χ1n) is 6.65. The van der Waals surface area contributed by atoms with Gasteiger partial charge in [0.1, 0.15) is 0 Å². The van der Waals surface area contributed by atoms with Crippen LogP contribution in [0.15, 0.2) is 34.9 Å². The number of methoxy groups -OCH3 is 1. The number of benzene rings is 1. The van der Waals surface area contributed by atoms with Crippen LogP contribution in [0.2, 0.25) is 0 Å². The van der Waals surface area contributed by atoms with Crippen molar-refractivity contribution in [2.24, 2.45) is 0 Å². The summed E-state index contributed by atoms with van der Waals surface area (Å²) in [4.78, 5) is 8.47. The van der Waals surface area contributed by atoms with Gasteiger partial charge in [-0.15, -0.1) is 0 Å². The van der Waals surface area contributed by atoms with Gasteiger partial charge in [0, 0.05) is 5.69 Å². The maximum Gasteiger partial charge on any atom is 0.232 e. The molecule has 1 aromatic heterocycles. The average molecular weight is 336 g/mol. The van der Waals surface area contributed by atoms with Crippen molar-refractivity contribution in [3.05, 3.63) is 40.5 Å². The molecule has 4 nitrogen and oxygen atoms in total. The molecule has 5 heteroatoms. The van der Waals surface area contributed by atoms with E-state index in [2.05, 4.69) is 50.3 Å². The largest absolute Gasteiger partial charge is 0.480 e. The molecule has 106 valence electrons. The van der Waals surface area contributed by atoms with Crippen molar-refractivity contribution < 1.29 is 4.74 Å². The number of ether oxygens (including phenoxy) is 1. The highest BCUT2D eigenvalue weighted by molar-refractivity contribution is 9.10. The zero-order valence-corrected chi connectivity index (χ0v) is 13.3. The molecule has 0 amide bonds. The van der Waals surface area contributed by atoms with Crippen LogP contribution >= 0.6 is 15.9 Å². The number of anilines is 2. The van der Waals surface area contributed by atoms with Crippen molar-refractivity contribution in [1.82, 2.24) is 9.97 Å². The van der Waals surface area contributed by atoms with Crippen LogP contribution in [-0.4, -0.2) is 17.1 Å². The summed E-state index contributed by atoms with van der Waals surface area (Å²) in [7, 11) is 1.58. The van der Waals surface area contributed by atoms with Gasteiger partial charge in [-0.05, 0) is 46.5 Å². The van der Waals surface area contributed by atoms with Crippen molar-refractivity contribution in [3.63, 3.8) is 0 Å². The van der Waals surface area contributed by atoms with Gasteiger partial charge in [0.15, 0.2) is 0 Å². The standard InChI is InChI=1S/C15H18BrN3O/c1-3-4-5-11-6-8-12(9-7-11)18-15-17-10-13(16)14(19-15)20-2/h6-10H,3-5H2,1-2H3,(H,17,18,19). The Kier molecular flexibility index (Phi) is 5.35. The minimum absolute atomic E-state index is 0.516. The maximum atomic E-state index is 5.15. The molecule has 0 aliphatic rings. The molecule has 20 heavy (non-hydrogen) atoms. The Bertz CT molecular complexity index is 558. The van der Waals surface area contributed by atoms with Crippen molar-refractivity contribution in [3.8, 4) is 5.88 Å². The normalized spacial score (nSPS) is 10.3. The van der Waals surface area contributed by atoms with Gasteiger partial charge >= 0.3 is 0 Å². The molecule has 2 rings (SSSR count). The number of nitrogens with one attached hydrogen (secondary N) is 1. The fourth-order valence-electron chi connectivity index (χ4n) is 1.82. The van der Waals surface area contributed by atoms with Gasteiger partial charge in [-0.2, -0.15) is 4.98 Å². The van der Waals surface area contributed by atoms with E-state index in [1.165, 1.54) is 18.4 Å². The second kappa shape index (κ2) is 7.24. The fraction of sp³-hybridized carbons (Fsp3) is 0.333. The molecule has 0 bridgehead atoms. The molecule has 1 aromatic carbocycles. The lowest BCUT2D eigenvalue weighted by Crippen LogP contribution is -1.99. The molecular formula is C15H18BrN3O. The quantitative estimate of drug-likeness (QED) is 0.853. The minimum Gasteiger partial charge on any atom is -0.480 e. The van der Waals surface area contributed by atoms with Crippen molar-refractivity contribution in [2.45, 2.75) is 26.2 Å². The molecule has 0 unspecified atom stereocenters. The van der Waals surface area contributed by atoms with E-state index in [4.69, 9.17) is 4.74 Å². The number of aryl methyl sites for hydroxylation is 1. The Balaban J connectivity index is 2.06. The first kappa shape index (κ1) is 14.8. The van der Waals surface area contributed by atoms with Gasteiger partial charge < -0.3 is 10.1 Å². The third-order valence-electron chi connectivity index (χ3n) is 2.93. The highest BCUT2D eigenvalue weighted by Crippen LogP contribution is 2.23. The second-order valence-corrected chi connectivity index (χ2v) is 5.33. The van der Waals surface area contributed by atoms with Crippen LogP contribution in [0.3, 0.4) is 0 Å². The minimum atomic E-state index is 0.516. The summed E-state index contributed by atoms with van der Waals surface area (Å²) in [5.74, 6) is 1.04. The molecule has 0 radical (unpaired) electrons. The summed E-state index contributed by atoms with van der Waals surface area (Å²) in [6, 6.07) is 8.36. The van der Waals surface area contributed by atoms with E-state index in [0.29, 0.717) is 11.8 Å². The number of hydrogen-bond acceptors (Lipinski definition) is 4. The van der Waals surface area contributed by atoms with Gasteiger partial charge in [0.25, 0.3) is 0 Å². The van der Waals surface area contributed by atoms with E-state index in [0.717, 1.165) is 16.6 Å². The van der Waals surface area contributed by atoms with E-state index in [1.54, 1.807) is 13.3 Å². The smallest absolute Gasteiger partial charge is 0.232 e. The van der Waals surface area contributed by atoms with Crippen molar-refractivity contribution in [2.75, 3.05) is 12.4 Å². The topological polar surface area (TPSA) is 47.0 Å². The molecule has 0 fully saturated rings. The summed E-state index contributed by atoms with van der Waals surface area (Å²) in [6.45, 7) is 2.20. The number of nitrogens with zero attached hydrogens (tertiary/aromatic N) is 2. The highest BCUT2D eigenvalue weighted by Gasteiger charge is 2.05. The first-order valence-corrected chi connectivity index (χ1v) is 7.44. The van der Waals surface area contributed by atoms with E-state index in [9.17, 15) is 0 Å². The molecule has 2 aromatic rings. The summed E-state index contributed by atoms with van der Waals surface area (Å²) >= 11 is 3.33. The predicted molar refractivity (Wildman–Crippen MR) is 84.6 cm³/mol. The lowest BCUT2D eigenvalue weighted by atomic mass is 10.1. The summed E-state index contributed by atoms with van der Waals surface area (Å²) in [5, 5.41) is 3.17. The van der Waals surface area contributed by atoms with Crippen LogP contribution in [0.1, 0.15) is 25.3 Å². The SMILES string of the molecule is CCCCc1ccc(Nc2ncc(Br)c(OC)n2)cc1. The molecule has 0 aliphatic heterocycles. The molecule has 0 aliphatic carbocycles. The Labute approximate surface area is 127 Å². The first-order chi connectivity index (χ1) is 9.72. The molecule has 1 heterocycles. The van der Waals surface area contributed by atoms with Crippen molar-refractivity contribution >= 4 is 27.6 Å². The van der Waals surface area contributed by atoms with Crippen LogP contribution in [0.25, 0.3) is 0 Å². The maximum absolute atomic E-state index is 5.15. The molecule has 0 atom stereocenters. The van der Waals surface area contributed by atoms with Crippen LogP contribution in [-0.2, 0) is 6.42 Å². The monoisotopic (exact) mass is 335 g/mol. The number of rotatable bonds is 6. The van der Waals surface area contributed by atoms with Crippen LogP contribution < -0.4 is 10.1 Å². The van der Waals surface area contributed by atoms with E-state index in [1.807, 2.05) is 12.1 Å². The molecular weight excluding hydrogens is 318 g/mol. The van der Waals surface area contributed by atoms with E-state index in [-0.39, 0.29) is 0 Å². The van der Waals surface area contributed by atoms with Crippen LogP contribution in [0.5, 0.6) is 5.88 Å². The van der Waals surface area contributed by atoms with Crippen molar-refractivity contribution in [1.29, 1.82) is 0 Å². The lowest BCUT2D eigenvalue weighted by molar-refractivity contribution is 0.394. The summed E-state index contributed by atoms with van der Waals surface area (Å²) < 4.78 is 5.89. The van der Waals surface area contributed by atoms with Gasteiger partial charge in [0.2, 0.25) is 11.8 Å². The molecule has 0 saturated heterocycles. The second-order valence-electron chi connectivity index (χ2n) is 4.48. The van der Waals surface area contributed by atoms with Gasteiger partial charge in [-0.25, -0.2) is 4.98 Å². The van der Waals surface area contributed by atoms with Gasteiger partial charge in [-0.3, -0.25) is 0 Å². The van der Waals surface area contributed by atoms with Crippen LogP contribution in [0, 0.1) is 0 Å². The Morgan fingerprint density at radius 3 is 2.65 bits per heavy atom. The van der Waals surface area contributed by atoms with Crippen LogP contribution in [0.4, 0.5) is 11.6 Å². The van der Waals surface area contributed by atoms with Gasteiger partial charge in [-0.1, -0.05) is 25.5 Å². The molecule has 1 N–H and O–H groups in total. The number of halogens is 1. The van der Waals surface area contributed by atoms with E-state index >= 15 is 0 Å². The zero-order chi connectivity index (χ0) is 14.4. The number of aromatic nitrogens is 2. The highest BCUT2D eigenvalue weighted by atomic mass is 79.9. The Hall–Kier alpha value is -1.62. The Morgan fingerprint density at radius 2 is 2.00 bits per heavy atom. The zero-order valence-electron chi connectivity index (χ0n) is 11.7. The predicted octanol–water partition coefficient (Wildman–Crippen LogP) is 4.33. The molecule has 0 saturated carbocycles. The average Bonchev–Trinajstić information content (AvgIpc) is 2.48. The Morgan fingerprint density at radius 1 is 1.25 bits per heavy atom. The number of hydrogen-bond donors (Lipinski definition) is 1.